The first-order valence-electron chi connectivity index (χ1n) is 11.6. The van der Waals surface area contributed by atoms with E-state index in [1.165, 1.54) is 24.1 Å². The number of nitrogens with zero attached hydrogens (tertiary/aromatic N) is 1. The van der Waals surface area contributed by atoms with Crippen molar-refractivity contribution in [2.75, 3.05) is 18.5 Å². The standard InChI is InChI=1S/C26H29F3N4O3/c1-33(22(35)16-32-21(34)15-25(24(31)36)13-4-5-14-25)20-10-3-2-9-19(20)23(30)17-7-6-8-18(12-11-17)26(27,28)29/h2-3,7-12,30H,4-6,13-16H2,1H3,(H2,31,36)(H,32,34). The summed E-state index contributed by atoms with van der Waals surface area (Å²) in [5, 5.41) is 11.2. The summed E-state index contributed by atoms with van der Waals surface area (Å²) in [6.07, 6.45) is 2.93. The molecule has 0 unspecified atom stereocenters. The van der Waals surface area contributed by atoms with Gasteiger partial charge < -0.3 is 16.0 Å². The lowest BCUT2D eigenvalue weighted by Gasteiger charge is -2.25. The van der Waals surface area contributed by atoms with Gasteiger partial charge in [-0.25, -0.2) is 0 Å². The van der Waals surface area contributed by atoms with E-state index in [1.54, 1.807) is 24.3 Å². The fraction of sp³-hybridized carbons (Fsp3) is 0.385. The minimum atomic E-state index is -4.48. The number of amides is 3. The zero-order valence-corrected chi connectivity index (χ0v) is 20.0. The largest absolute Gasteiger partial charge is 0.416 e. The molecule has 0 spiro atoms. The number of benzene rings is 1. The van der Waals surface area contributed by atoms with E-state index in [0.717, 1.165) is 25.0 Å². The summed E-state index contributed by atoms with van der Waals surface area (Å²) in [6.45, 7) is -0.326. The van der Waals surface area contributed by atoms with E-state index >= 15 is 0 Å². The molecule has 1 saturated carbocycles. The molecule has 192 valence electrons. The van der Waals surface area contributed by atoms with Crippen molar-refractivity contribution in [1.29, 1.82) is 5.41 Å². The van der Waals surface area contributed by atoms with Gasteiger partial charge in [0.05, 0.1) is 28.9 Å². The van der Waals surface area contributed by atoms with Gasteiger partial charge in [0.2, 0.25) is 17.7 Å². The Hall–Kier alpha value is -3.69. The molecule has 0 bridgehead atoms. The Morgan fingerprint density at radius 1 is 1.11 bits per heavy atom. The molecule has 0 aliphatic heterocycles. The minimum Gasteiger partial charge on any atom is -0.369 e. The van der Waals surface area contributed by atoms with Gasteiger partial charge in [0.15, 0.2) is 0 Å². The predicted octanol–water partition coefficient (Wildman–Crippen LogP) is 3.94. The van der Waals surface area contributed by atoms with Crippen LogP contribution < -0.4 is 16.0 Å². The van der Waals surface area contributed by atoms with Crippen molar-refractivity contribution in [2.24, 2.45) is 11.1 Å². The van der Waals surface area contributed by atoms with Gasteiger partial charge in [-0.05, 0) is 37.0 Å². The number of rotatable bonds is 8. The van der Waals surface area contributed by atoms with Gasteiger partial charge in [0.25, 0.3) is 0 Å². The van der Waals surface area contributed by atoms with Crippen LogP contribution in [0.1, 0.15) is 44.1 Å². The maximum atomic E-state index is 13.0. The average Bonchev–Trinajstić information content (AvgIpc) is 3.16. The Bertz CT molecular complexity index is 1150. The predicted molar refractivity (Wildman–Crippen MR) is 130 cm³/mol. The number of carbonyl (C=O) groups excluding carboxylic acids is 3. The van der Waals surface area contributed by atoms with Crippen LogP contribution in [-0.2, 0) is 14.4 Å². The van der Waals surface area contributed by atoms with E-state index in [1.807, 2.05) is 0 Å². The number of nitrogens with one attached hydrogen (secondary N) is 2. The van der Waals surface area contributed by atoms with Gasteiger partial charge in [0, 0.05) is 19.0 Å². The number of halogens is 3. The molecule has 0 heterocycles. The molecule has 0 atom stereocenters. The maximum Gasteiger partial charge on any atom is 0.416 e. The minimum absolute atomic E-state index is 0.00925. The van der Waals surface area contributed by atoms with E-state index in [4.69, 9.17) is 11.1 Å². The van der Waals surface area contributed by atoms with E-state index in [0.29, 0.717) is 29.7 Å². The van der Waals surface area contributed by atoms with Gasteiger partial charge in [-0.3, -0.25) is 19.8 Å². The van der Waals surface area contributed by atoms with Gasteiger partial charge in [0.1, 0.15) is 0 Å². The third-order valence-corrected chi connectivity index (χ3v) is 6.66. The third kappa shape index (κ3) is 6.10. The maximum absolute atomic E-state index is 13.0. The van der Waals surface area contributed by atoms with E-state index < -0.39 is 34.9 Å². The zero-order chi connectivity index (χ0) is 26.5. The van der Waals surface area contributed by atoms with Crippen LogP contribution in [0, 0.1) is 10.8 Å². The lowest BCUT2D eigenvalue weighted by atomic mass is 9.81. The van der Waals surface area contributed by atoms with Crippen molar-refractivity contribution >= 4 is 29.1 Å². The molecule has 1 fully saturated rings. The smallest absolute Gasteiger partial charge is 0.369 e. The molecular weight excluding hydrogens is 473 g/mol. The number of nitrogens with two attached hydrogens (primary N) is 1. The summed E-state index contributed by atoms with van der Waals surface area (Å²) in [5.74, 6) is -1.42. The zero-order valence-electron chi connectivity index (χ0n) is 20.0. The quantitative estimate of drug-likeness (QED) is 0.468. The highest BCUT2D eigenvalue weighted by molar-refractivity contribution is 6.17. The van der Waals surface area contributed by atoms with Crippen LogP contribution in [0.3, 0.4) is 0 Å². The third-order valence-electron chi connectivity index (χ3n) is 6.66. The van der Waals surface area contributed by atoms with Gasteiger partial charge in [-0.2, -0.15) is 13.2 Å². The highest BCUT2D eigenvalue weighted by Gasteiger charge is 2.41. The normalized spacial score (nSPS) is 17.0. The molecular formula is C26H29F3N4O3. The summed E-state index contributed by atoms with van der Waals surface area (Å²) >= 11 is 0. The van der Waals surface area contributed by atoms with Gasteiger partial charge in [-0.1, -0.05) is 49.3 Å². The number of alkyl halides is 3. The second-order valence-electron chi connectivity index (χ2n) is 9.04. The molecule has 0 aromatic heterocycles. The number of hydrogen-bond acceptors (Lipinski definition) is 4. The molecule has 1 aromatic rings. The van der Waals surface area contributed by atoms with Gasteiger partial charge in [-0.15, -0.1) is 0 Å². The second kappa shape index (κ2) is 10.9. The van der Waals surface area contributed by atoms with Crippen molar-refractivity contribution in [3.8, 4) is 0 Å². The Kier molecular flexibility index (Phi) is 8.17. The fourth-order valence-corrected chi connectivity index (χ4v) is 4.52. The molecule has 0 saturated heterocycles. The molecule has 10 heteroatoms. The van der Waals surface area contributed by atoms with Crippen molar-refractivity contribution < 1.29 is 27.6 Å². The molecule has 0 radical (unpaired) electrons. The Balaban J connectivity index is 1.68. The fourth-order valence-electron chi connectivity index (χ4n) is 4.52. The van der Waals surface area contributed by atoms with E-state index in [-0.39, 0.29) is 25.1 Å². The molecule has 3 amide bonds. The Morgan fingerprint density at radius 2 is 1.78 bits per heavy atom. The molecule has 7 nitrogen and oxygen atoms in total. The lowest BCUT2D eigenvalue weighted by Crippen LogP contribution is -2.43. The van der Waals surface area contributed by atoms with Crippen LogP contribution >= 0.6 is 0 Å². The van der Waals surface area contributed by atoms with Crippen molar-refractivity contribution in [3.63, 3.8) is 0 Å². The van der Waals surface area contributed by atoms with Crippen LogP contribution in [-0.4, -0.2) is 43.2 Å². The number of primary amides is 1. The van der Waals surface area contributed by atoms with E-state index in [9.17, 15) is 27.6 Å². The van der Waals surface area contributed by atoms with Crippen molar-refractivity contribution in [3.05, 3.63) is 65.3 Å². The first kappa shape index (κ1) is 26.9. The van der Waals surface area contributed by atoms with Crippen LogP contribution in [0.5, 0.6) is 0 Å². The first-order valence-corrected chi connectivity index (χ1v) is 11.6. The number of anilines is 1. The summed E-state index contributed by atoms with van der Waals surface area (Å²) in [4.78, 5) is 38.5. The van der Waals surface area contributed by atoms with Crippen LogP contribution in [0.15, 0.2) is 59.7 Å². The van der Waals surface area contributed by atoms with Crippen LogP contribution in [0.25, 0.3) is 0 Å². The second-order valence-corrected chi connectivity index (χ2v) is 9.04. The Labute approximate surface area is 207 Å². The summed E-state index contributed by atoms with van der Waals surface area (Å²) < 4.78 is 39.1. The topological polar surface area (TPSA) is 116 Å². The summed E-state index contributed by atoms with van der Waals surface area (Å²) in [6, 6.07) is 6.56. The number of hydrogen-bond donors (Lipinski definition) is 3. The van der Waals surface area contributed by atoms with Crippen LogP contribution in [0.4, 0.5) is 18.9 Å². The summed E-state index contributed by atoms with van der Waals surface area (Å²) in [5.41, 5.74) is 4.84. The van der Waals surface area contributed by atoms with E-state index in [2.05, 4.69) is 5.32 Å². The molecule has 2 aliphatic carbocycles. The van der Waals surface area contributed by atoms with Crippen LogP contribution in [0.2, 0.25) is 0 Å². The molecule has 4 N–H and O–H groups in total. The van der Waals surface area contributed by atoms with Crippen molar-refractivity contribution in [2.45, 2.75) is 44.7 Å². The number of para-hydroxylation sites is 1. The highest BCUT2D eigenvalue weighted by Crippen LogP contribution is 2.40. The summed E-state index contributed by atoms with van der Waals surface area (Å²) in [7, 11) is 1.49. The monoisotopic (exact) mass is 502 g/mol. The molecule has 2 aliphatic rings. The number of carbonyl (C=O) groups is 3. The van der Waals surface area contributed by atoms with Crippen molar-refractivity contribution in [1.82, 2.24) is 5.32 Å². The highest BCUT2D eigenvalue weighted by atomic mass is 19.4. The Morgan fingerprint density at radius 3 is 2.42 bits per heavy atom. The average molecular weight is 503 g/mol. The number of likely N-dealkylation sites (N-methyl/N-ethyl adjacent to an activating group) is 1. The molecule has 3 rings (SSSR count). The molecule has 1 aromatic carbocycles. The lowest BCUT2D eigenvalue weighted by molar-refractivity contribution is -0.134. The molecule has 36 heavy (non-hydrogen) atoms. The number of allylic oxidation sites excluding steroid dienone is 6. The van der Waals surface area contributed by atoms with Gasteiger partial charge >= 0.3 is 6.18 Å². The SMILES string of the molecule is CN(C(=O)CNC(=O)CC1(C(N)=O)CCCC1)c1ccccc1C(=N)C1=CCC=C(C(F)(F)F)C=C1. The first-order chi connectivity index (χ1) is 16.9.